The number of carbonyl (C=O) groups excluding carboxylic acids is 1. The first-order valence-electron chi connectivity index (χ1n) is 8.92. The number of allylic oxidation sites excluding steroid dienone is 2. The minimum absolute atomic E-state index is 0.255. The Hall–Kier alpha value is -3.77. The van der Waals surface area contributed by atoms with E-state index in [0.717, 1.165) is 0 Å². The minimum Gasteiger partial charge on any atom is -0.444 e. The van der Waals surface area contributed by atoms with Crippen LogP contribution in [0.5, 0.6) is 0 Å². The quantitative estimate of drug-likeness (QED) is 0.780. The number of carbonyl (C=O) groups is 1. The van der Waals surface area contributed by atoms with Gasteiger partial charge in [0.1, 0.15) is 35.3 Å². The standard InChI is InChI=1S/C20H21FN6O2/c1-20(2,3)29-19(28)27-8-6-26(7-9-27)18-5-4-15(21)10-16(18)25-17(13-24)14(11-22)12-23/h4-5,10,25H,6-9H2,1-3H3. The molecule has 29 heavy (non-hydrogen) atoms. The second-order valence-electron chi connectivity index (χ2n) is 7.33. The number of hydrogen-bond acceptors (Lipinski definition) is 7. The molecule has 1 aromatic rings. The van der Waals surface area contributed by atoms with E-state index < -0.39 is 23.1 Å². The fourth-order valence-corrected chi connectivity index (χ4v) is 2.76. The van der Waals surface area contributed by atoms with Crippen LogP contribution in [0, 0.1) is 39.8 Å². The number of hydrogen-bond donors (Lipinski definition) is 1. The van der Waals surface area contributed by atoms with E-state index in [1.165, 1.54) is 12.1 Å². The Bertz CT molecular complexity index is 922. The summed E-state index contributed by atoms with van der Waals surface area (Å²) in [4.78, 5) is 15.7. The Morgan fingerprint density at radius 3 is 2.24 bits per heavy atom. The van der Waals surface area contributed by atoms with Gasteiger partial charge in [0.25, 0.3) is 0 Å². The van der Waals surface area contributed by atoms with Gasteiger partial charge in [-0.05, 0) is 39.0 Å². The second kappa shape index (κ2) is 8.95. The molecule has 1 aliphatic rings. The van der Waals surface area contributed by atoms with Gasteiger partial charge in [-0.2, -0.15) is 15.8 Å². The van der Waals surface area contributed by atoms with Gasteiger partial charge in [0.05, 0.1) is 11.4 Å². The SMILES string of the molecule is CC(C)(C)OC(=O)N1CCN(c2ccc(F)cc2NC(C#N)=C(C#N)C#N)CC1. The van der Waals surface area contributed by atoms with Crippen LogP contribution in [0.15, 0.2) is 29.5 Å². The second-order valence-corrected chi connectivity index (χ2v) is 7.33. The average molecular weight is 396 g/mol. The summed E-state index contributed by atoms with van der Waals surface area (Å²) in [6.45, 7) is 7.16. The normalized spacial score (nSPS) is 13.6. The van der Waals surface area contributed by atoms with Crippen LogP contribution in [-0.2, 0) is 4.74 Å². The molecular weight excluding hydrogens is 375 g/mol. The average Bonchev–Trinajstić information content (AvgIpc) is 2.67. The van der Waals surface area contributed by atoms with Crippen LogP contribution >= 0.6 is 0 Å². The molecule has 1 saturated heterocycles. The molecule has 1 aromatic carbocycles. The highest BCUT2D eigenvalue weighted by Crippen LogP contribution is 2.29. The molecule has 0 unspecified atom stereocenters. The van der Waals surface area contributed by atoms with Crippen LogP contribution in [0.25, 0.3) is 0 Å². The molecular formula is C20H21FN6O2. The van der Waals surface area contributed by atoms with Gasteiger partial charge in [0.15, 0.2) is 5.57 Å². The fourth-order valence-electron chi connectivity index (χ4n) is 2.76. The molecule has 0 bridgehead atoms. The molecule has 0 atom stereocenters. The van der Waals surface area contributed by atoms with Crippen molar-refractivity contribution in [3.63, 3.8) is 0 Å². The monoisotopic (exact) mass is 396 g/mol. The van der Waals surface area contributed by atoms with Crippen LogP contribution in [0.1, 0.15) is 20.8 Å². The Kier molecular flexibility index (Phi) is 6.64. The molecule has 1 heterocycles. The van der Waals surface area contributed by atoms with Gasteiger partial charge in [0.2, 0.25) is 0 Å². The molecule has 1 fully saturated rings. The molecule has 1 N–H and O–H groups in total. The summed E-state index contributed by atoms with van der Waals surface area (Å²) in [6.07, 6.45) is -0.392. The van der Waals surface area contributed by atoms with E-state index in [1.54, 1.807) is 49.9 Å². The number of amides is 1. The van der Waals surface area contributed by atoms with Crippen molar-refractivity contribution in [3.05, 3.63) is 35.3 Å². The van der Waals surface area contributed by atoms with Crippen LogP contribution < -0.4 is 10.2 Å². The first-order valence-corrected chi connectivity index (χ1v) is 8.92. The van der Waals surface area contributed by atoms with Crippen LogP contribution in [0.4, 0.5) is 20.6 Å². The van der Waals surface area contributed by atoms with Crippen molar-refractivity contribution in [2.75, 3.05) is 36.4 Å². The Balaban J connectivity index is 2.20. The van der Waals surface area contributed by atoms with Crippen LogP contribution in [-0.4, -0.2) is 42.8 Å². The van der Waals surface area contributed by atoms with E-state index in [9.17, 15) is 14.4 Å². The topological polar surface area (TPSA) is 116 Å². The van der Waals surface area contributed by atoms with Gasteiger partial charge in [-0.1, -0.05) is 0 Å². The molecule has 150 valence electrons. The third kappa shape index (κ3) is 5.60. The lowest BCUT2D eigenvalue weighted by molar-refractivity contribution is 0.0240. The van der Waals surface area contributed by atoms with Gasteiger partial charge in [-0.25, -0.2) is 9.18 Å². The summed E-state index contributed by atoms with van der Waals surface area (Å²) >= 11 is 0. The lowest BCUT2D eigenvalue weighted by atomic mass is 10.2. The first-order chi connectivity index (χ1) is 13.7. The lowest BCUT2D eigenvalue weighted by Crippen LogP contribution is -2.50. The molecule has 1 amide bonds. The summed E-state index contributed by atoms with van der Waals surface area (Å²) in [6, 6.07) is 9.07. The van der Waals surface area contributed by atoms with Crippen molar-refractivity contribution in [1.29, 1.82) is 15.8 Å². The molecule has 1 aliphatic heterocycles. The third-order valence-electron chi connectivity index (χ3n) is 4.08. The molecule has 0 radical (unpaired) electrons. The predicted molar refractivity (Wildman–Crippen MR) is 104 cm³/mol. The van der Waals surface area contributed by atoms with E-state index in [2.05, 4.69) is 5.32 Å². The molecule has 0 aliphatic carbocycles. The zero-order valence-electron chi connectivity index (χ0n) is 16.5. The number of piperazine rings is 1. The van der Waals surface area contributed by atoms with Gasteiger partial charge in [-0.15, -0.1) is 0 Å². The highest BCUT2D eigenvalue weighted by atomic mass is 19.1. The van der Waals surface area contributed by atoms with E-state index in [0.29, 0.717) is 31.9 Å². The van der Waals surface area contributed by atoms with Gasteiger partial charge >= 0.3 is 6.09 Å². The maximum atomic E-state index is 13.8. The molecule has 2 rings (SSSR count). The Morgan fingerprint density at radius 1 is 1.10 bits per heavy atom. The van der Waals surface area contributed by atoms with Crippen molar-refractivity contribution in [2.45, 2.75) is 26.4 Å². The van der Waals surface area contributed by atoms with Crippen molar-refractivity contribution in [1.82, 2.24) is 4.90 Å². The summed E-state index contributed by atoms with van der Waals surface area (Å²) in [5.74, 6) is -0.531. The number of benzene rings is 1. The van der Waals surface area contributed by atoms with Crippen molar-refractivity contribution in [3.8, 4) is 18.2 Å². The number of nitrogens with zero attached hydrogens (tertiary/aromatic N) is 5. The van der Waals surface area contributed by atoms with Gasteiger partial charge in [0, 0.05) is 26.2 Å². The summed E-state index contributed by atoms with van der Waals surface area (Å²) in [5.41, 5.74) is -0.373. The summed E-state index contributed by atoms with van der Waals surface area (Å²) in [5, 5.41) is 29.9. The molecule has 0 spiro atoms. The highest BCUT2D eigenvalue weighted by molar-refractivity contribution is 5.75. The largest absolute Gasteiger partial charge is 0.444 e. The molecule has 0 aromatic heterocycles. The maximum Gasteiger partial charge on any atom is 0.410 e. The van der Waals surface area contributed by atoms with E-state index >= 15 is 0 Å². The fraction of sp³-hybridized carbons (Fsp3) is 0.400. The molecule has 0 saturated carbocycles. The minimum atomic E-state index is -0.582. The number of nitrogens with one attached hydrogen (secondary N) is 1. The number of halogens is 1. The number of ether oxygens (including phenoxy) is 1. The van der Waals surface area contributed by atoms with Crippen molar-refractivity contribution < 1.29 is 13.9 Å². The summed E-state index contributed by atoms with van der Waals surface area (Å²) in [7, 11) is 0. The number of anilines is 2. The van der Waals surface area contributed by atoms with E-state index in [4.69, 9.17) is 15.3 Å². The molecule has 8 nitrogen and oxygen atoms in total. The van der Waals surface area contributed by atoms with Crippen LogP contribution in [0.2, 0.25) is 0 Å². The van der Waals surface area contributed by atoms with Crippen LogP contribution in [0.3, 0.4) is 0 Å². The predicted octanol–water partition coefficient (Wildman–Crippen LogP) is 3.12. The number of rotatable bonds is 3. The van der Waals surface area contributed by atoms with Crippen molar-refractivity contribution >= 4 is 17.5 Å². The lowest BCUT2D eigenvalue weighted by Gasteiger charge is -2.37. The van der Waals surface area contributed by atoms with E-state index in [1.807, 2.05) is 4.90 Å². The van der Waals surface area contributed by atoms with Gasteiger partial charge < -0.3 is 19.9 Å². The zero-order chi connectivity index (χ0) is 21.6. The highest BCUT2D eigenvalue weighted by Gasteiger charge is 2.27. The van der Waals surface area contributed by atoms with Crippen molar-refractivity contribution in [2.24, 2.45) is 0 Å². The van der Waals surface area contributed by atoms with E-state index in [-0.39, 0.29) is 11.4 Å². The smallest absolute Gasteiger partial charge is 0.410 e. The molecule has 9 heteroatoms. The third-order valence-corrected chi connectivity index (χ3v) is 4.08. The zero-order valence-corrected chi connectivity index (χ0v) is 16.5. The Labute approximate surface area is 169 Å². The number of nitriles is 3. The Morgan fingerprint density at radius 2 is 1.72 bits per heavy atom. The first kappa shape index (κ1) is 21.5. The summed E-state index contributed by atoms with van der Waals surface area (Å²) < 4.78 is 19.2. The van der Waals surface area contributed by atoms with Gasteiger partial charge in [-0.3, -0.25) is 0 Å². The maximum absolute atomic E-state index is 13.8.